The minimum atomic E-state index is 0.881. The Hall–Kier alpha value is -1.96. The number of nitrogens with zero attached hydrogens (tertiary/aromatic N) is 1. The van der Waals surface area contributed by atoms with Crippen molar-refractivity contribution in [2.45, 2.75) is 19.4 Å². The van der Waals surface area contributed by atoms with Gasteiger partial charge >= 0.3 is 0 Å². The van der Waals surface area contributed by atoms with Gasteiger partial charge in [-0.3, -0.25) is 0 Å². The normalized spacial score (nSPS) is 14.6. The number of benzene rings is 2. The van der Waals surface area contributed by atoms with Crippen molar-refractivity contribution in [2.24, 2.45) is 0 Å². The zero-order chi connectivity index (χ0) is 12.9. The van der Waals surface area contributed by atoms with Gasteiger partial charge < -0.3 is 10.2 Å². The first kappa shape index (κ1) is 12.1. The van der Waals surface area contributed by atoms with E-state index in [9.17, 15) is 0 Å². The Kier molecular flexibility index (Phi) is 3.68. The third kappa shape index (κ3) is 3.08. The minimum absolute atomic E-state index is 0.881. The SMILES string of the molecule is c1ccc(NCc2cccc(N3CCCC3)c2)cc1. The summed E-state index contributed by atoms with van der Waals surface area (Å²) in [5.74, 6) is 0. The number of rotatable bonds is 4. The monoisotopic (exact) mass is 252 g/mol. The van der Waals surface area contributed by atoms with Crippen LogP contribution in [0.25, 0.3) is 0 Å². The average Bonchev–Trinajstić information content (AvgIpc) is 3.01. The highest BCUT2D eigenvalue weighted by molar-refractivity contribution is 5.50. The first-order chi connectivity index (χ1) is 9.42. The Morgan fingerprint density at radius 2 is 1.68 bits per heavy atom. The lowest BCUT2D eigenvalue weighted by atomic mass is 10.2. The quantitative estimate of drug-likeness (QED) is 0.887. The van der Waals surface area contributed by atoms with Gasteiger partial charge in [-0.05, 0) is 42.7 Å². The van der Waals surface area contributed by atoms with E-state index in [2.05, 4.69) is 58.7 Å². The predicted molar refractivity (Wildman–Crippen MR) is 81.7 cm³/mol. The van der Waals surface area contributed by atoms with Crippen LogP contribution in [0.2, 0.25) is 0 Å². The highest BCUT2D eigenvalue weighted by atomic mass is 15.1. The number of hydrogen-bond acceptors (Lipinski definition) is 2. The zero-order valence-corrected chi connectivity index (χ0v) is 11.2. The van der Waals surface area contributed by atoms with Gasteiger partial charge in [-0.25, -0.2) is 0 Å². The van der Waals surface area contributed by atoms with Gasteiger partial charge in [-0.15, -0.1) is 0 Å². The fourth-order valence-corrected chi connectivity index (χ4v) is 2.60. The maximum absolute atomic E-state index is 3.46. The number of hydrogen-bond donors (Lipinski definition) is 1. The molecule has 1 N–H and O–H groups in total. The molecule has 2 heteroatoms. The van der Waals surface area contributed by atoms with Crippen molar-refractivity contribution in [3.8, 4) is 0 Å². The second-order valence-corrected chi connectivity index (χ2v) is 5.08. The molecule has 2 aromatic rings. The molecule has 2 aromatic carbocycles. The number of nitrogens with one attached hydrogen (secondary N) is 1. The molecule has 0 bridgehead atoms. The van der Waals surface area contributed by atoms with Crippen molar-refractivity contribution in [3.05, 3.63) is 60.2 Å². The molecule has 0 radical (unpaired) electrons. The maximum Gasteiger partial charge on any atom is 0.0401 e. The Balaban J connectivity index is 1.66. The summed E-state index contributed by atoms with van der Waals surface area (Å²) in [5.41, 5.74) is 3.88. The molecule has 1 saturated heterocycles. The summed E-state index contributed by atoms with van der Waals surface area (Å²) in [6.07, 6.45) is 2.65. The number of para-hydroxylation sites is 1. The molecule has 0 unspecified atom stereocenters. The maximum atomic E-state index is 3.46. The first-order valence-corrected chi connectivity index (χ1v) is 7.05. The molecule has 1 aliphatic rings. The molecule has 19 heavy (non-hydrogen) atoms. The van der Waals surface area contributed by atoms with Crippen LogP contribution in [0.5, 0.6) is 0 Å². The van der Waals surface area contributed by atoms with Crippen LogP contribution in [0.4, 0.5) is 11.4 Å². The van der Waals surface area contributed by atoms with E-state index in [4.69, 9.17) is 0 Å². The van der Waals surface area contributed by atoms with Crippen LogP contribution >= 0.6 is 0 Å². The van der Waals surface area contributed by atoms with Crippen molar-refractivity contribution in [1.82, 2.24) is 0 Å². The second-order valence-electron chi connectivity index (χ2n) is 5.08. The summed E-state index contributed by atoms with van der Waals surface area (Å²) >= 11 is 0. The molecular weight excluding hydrogens is 232 g/mol. The van der Waals surface area contributed by atoms with Crippen LogP contribution in [-0.2, 0) is 6.54 Å². The number of anilines is 2. The van der Waals surface area contributed by atoms with E-state index in [1.54, 1.807) is 0 Å². The largest absolute Gasteiger partial charge is 0.381 e. The van der Waals surface area contributed by atoms with Gasteiger partial charge in [-0.2, -0.15) is 0 Å². The second kappa shape index (κ2) is 5.79. The molecule has 0 aromatic heterocycles. The lowest BCUT2D eigenvalue weighted by Crippen LogP contribution is -2.17. The molecule has 98 valence electrons. The van der Waals surface area contributed by atoms with Crippen molar-refractivity contribution < 1.29 is 0 Å². The van der Waals surface area contributed by atoms with Crippen molar-refractivity contribution in [1.29, 1.82) is 0 Å². The summed E-state index contributed by atoms with van der Waals surface area (Å²) < 4.78 is 0. The summed E-state index contributed by atoms with van der Waals surface area (Å²) in [6, 6.07) is 19.2. The average molecular weight is 252 g/mol. The van der Waals surface area contributed by atoms with Gasteiger partial charge in [0.25, 0.3) is 0 Å². The van der Waals surface area contributed by atoms with E-state index in [0.717, 1.165) is 6.54 Å². The molecule has 1 heterocycles. The van der Waals surface area contributed by atoms with Gasteiger partial charge in [0.2, 0.25) is 0 Å². The molecule has 1 fully saturated rings. The molecule has 0 saturated carbocycles. The molecule has 0 amide bonds. The Morgan fingerprint density at radius 3 is 2.47 bits per heavy atom. The van der Waals surface area contributed by atoms with E-state index in [0.29, 0.717) is 0 Å². The summed E-state index contributed by atoms with van der Waals surface area (Å²) in [7, 11) is 0. The topological polar surface area (TPSA) is 15.3 Å². The fourth-order valence-electron chi connectivity index (χ4n) is 2.60. The van der Waals surface area contributed by atoms with Crippen molar-refractivity contribution in [3.63, 3.8) is 0 Å². The van der Waals surface area contributed by atoms with E-state index < -0.39 is 0 Å². The summed E-state index contributed by atoms with van der Waals surface area (Å²) in [5, 5.41) is 3.46. The van der Waals surface area contributed by atoms with E-state index in [1.165, 1.54) is 42.9 Å². The van der Waals surface area contributed by atoms with Gasteiger partial charge in [-0.1, -0.05) is 30.3 Å². The van der Waals surface area contributed by atoms with Crippen LogP contribution in [0.1, 0.15) is 18.4 Å². The standard InChI is InChI=1S/C17H20N2/c1-2-8-16(9-3-1)18-14-15-7-6-10-17(13-15)19-11-4-5-12-19/h1-3,6-10,13,18H,4-5,11-12,14H2. The Bertz CT molecular complexity index is 516. The van der Waals surface area contributed by atoms with Crippen LogP contribution in [0.3, 0.4) is 0 Å². The van der Waals surface area contributed by atoms with Crippen LogP contribution < -0.4 is 10.2 Å². The third-order valence-electron chi connectivity index (χ3n) is 3.65. The molecule has 0 atom stereocenters. The van der Waals surface area contributed by atoms with E-state index in [1.807, 2.05) is 6.07 Å². The smallest absolute Gasteiger partial charge is 0.0401 e. The van der Waals surface area contributed by atoms with Crippen LogP contribution in [-0.4, -0.2) is 13.1 Å². The first-order valence-electron chi connectivity index (χ1n) is 7.05. The van der Waals surface area contributed by atoms with E-state index >= 15 is 0 Å². The highest BCUT2D eigenvalue weighted by Crippen LogP contribution is 2.21. The predicted octanol–water partition coefficient (Wildman–Crippen LogP) is 3.90. The van der Waals surface area contributed by atoms with Crippen LogP contribution in [0, 0.1) is 0 Å². The Labute approximate surface area is 115 Å². The van der Waals surface area contributed by atoms with Gasteiger partial charge in [0.1, 0.15) is 0 Å². The highest BCUT2D eigenvalue weighted by Gasteiger charge is 2.12. The summed E-state index contributed by atoms with van der Waals surface area (Å²) in [4.78, 5) is 2.48. The summed E-state index contributed by atoms with van der Waals surface area (Å²) in [6.45, 7) is 3.29. The van der Waals surface area contributed by atoms with Gasteiger partial charge in [0, 0.05) is 31.0 Å². The van der Waals surface area contributed by atoms with Crippen molar-refractivity contribution in [2.75, 3.05) is 23.3 Å². The molecule has 0 spiro atoms. The van der Waals surface area contributed by atoms with E-state index in [-0.39, 0.29) is 0 Å². The van der Waals surface area contributed by atoms with Gasteiger partial charge in [0.05, 0.1) is 0 Å². The molecule has 0 aliphatic carbocycles. The lowest BCUT2D eigenvalue weighted by molar-refractivity contribution is 0.949. The zero-order valence-electron chi connectivity index (χ0n) is 11.2. The minimum Gasteiger partial charge on any atom is -0.381 e. The Morgan fingerprint density at radius 1 is 0.895 bits per heavy atom. The molecule has 1 aliphatic heterocycles. The molecular formula is C17H20N2. The van der Waals surface area contributed by atoms with Crippen molar-refractivity contribution >= 4 is 11.4 Å². The van der Waals surface area contributed by atoms with Gasteiger partial charge in [0.15, 0.2) is 0 Å². The molecule has 2 nitrogen and oxygen atoms in total. The molecule has 3 rings (SSSR count). The third-order valence-corrected chi connectivity index (χ3v) is 3.65. The fraction of sp³-hybridized carbons (Fsp3) is 0.294. The lowest BCUT2D eigenvalue weighted by Gasteiger charge is -2.18. The van der Waals surface area contributed by atoms with Crippen LogP contribution in [0.15, 0.2) is 54.6 Å².